The molecule has 0 saturated carbocycles. The van der Waals surface area contributed by atoms with Crippen LogP contribution in [0.3, 0.4) is 0 Å². The van der Waals surface area contributed by atoms with Crippen molar-refractivity contribution < 1.29 is 23.1 Å². The van der Waals surface area contributed by atoms with Gasteiger partial charge in [0.2, 0.25) is 5.91 Å². The summed E-state index contributed by atoms with van der Waals surface area (Å²) >= 11 is 6.01. The number of rotatable bonds is 8. The van der Waals surface area contributed by atoms with Gasteiger partial charge < -0.3 is 10.0 Å². The second-order valence-electron chi connectivity index (χ2n) is 8.37. The molecule has 3 atom stereocenters. The Kier molecular flexibility index (Phi) is 7.74. The van der Waals surface area contributed by atoms with Crippen molar-refractivity contribution in [2.45, 2.75) is 64.3 Å². The highest BCUT2D eigenvalue weighted by Crippen LogP contribution is 2.39. The molecule has 6 nitrogen and oxygen atoms in total. The van der Waals surface area contributed by atoms with E-state index in [0.717, 1.165) is 5.56 Å². The third-order valence-electron chi connectivity index (χ3n) is 5.65. The van der Waals surface area contributed by atoms with Gasteiger partial charge in [-0.2, -0.15) is 0 Å². The second kappa shape index (κ2) is 9.47. The Hall–Kier alpha value is -1.60. The summed E-state index contributed by atoms with van der Waals surface area (Å²) in [5, 5.41) is 9.24. The quantitative estimate of drug-likeness (QED) is 0.656. The van der Waals surface area contributed by atoms with Crippen molar-refractivity contribution in [2.24, 2.45) is 11.8 Å². The molecule has 1 aromatic carbocycles. The number of nitrogens with zero attached hydrogens (tertiary/aromatic N) is 1. The van der Waals surface area contributed by atoms with Crippen molar-refractivity contribution in [1.29, 1.82) is 0 Å². The summed E-state index contributed by atoms with van der Waals surface area (Å²) < 4.78 is 25.4. The molecule has 1 amide bonds. The summed E-state index contributed by atoms with van der Waals surface area (Å²) in [6.07, 6.45) is 0.789. The maximum atomic E-state index is 13.4. The van der Waals surface area contributed by atoms with Crippen LogP contribution in [0.1, 0.15) is 58.6 Å². The normalized spacial score (nSPS) is 21.6. The molecule has 0 aliphatic carbocycles. The molecular formula is C21H30ClNO5S. The number of amides is 1. The molecule has 162 valence electrons. The van der Waals surface area contributed by atoms with Crippen molar-refractivity contribution in [3.05, 3.63) is 34.9 Å². The van der Waals surface area contributed by atoms with E-state index in [4.69, 9.17) is 11.6 Å². The Morgan fingerprint density at radius 3 is 2.24 bits per heavy atom. The van der Waals surface area contributed by atoms with E-state index in [0.29, 0.717) is 17.9 Å². The molecule has 0 radical (unpaired) electrons. The summed E-state index contributed by atoms with van der Waals surface area (Å²) in [7, 11) is -3.40. The van der Waals surface area contributed by atoms with Gasteiger partial charge in [-0.25, -0.2) is 8.42 Å². The molecule has 0 aromatic heterocycles. The second-order valence-corrected chi connectivity index (χ2v) is 11.4. The standard InChI is InChI=1S/C21H30ClNO5S/c1-13(2)19(12-29(27,28)14(3)4)23-18(15-5-8-17(22)9-6-15)10-7-16(21(23)26)11-20(24)25/h5-6,8-9,13-14,16,18-19H,7,10-12H2,1-4H3,(H,24,25)/t16-,18+,19?/m1/s1. The van der Waals surface area contributed by atoms with Gasteiger partial charge in [0.25, 0.3) is 0 Å². The van der Waals surface area contributed by atoms with Gasteiger partial charge >= 0.3 is 5.97 Å². The molecule has 1 aromatic rings. The molecular weight excluding hydrogens is 414 g/mol. The number of aliphatic carboxylic acids is 1. The summed E-state index contributed by atoms with van der Waals surface area (Å²) in [6.45, 7) is 7.06. The number of sulfone groups is 1. The Morgan fingerprint density at radius 2 is 1.76 bits per heavy atom. The minimum atomic E-state index is -3.40. The zero-order valence-electron chi connectivity index (χ0n) is 17.3. The number of carboxylic acid groups (broad SMARTS) is 1. The number of piperidine rings is 1. The smallest absolute Gasteiger partial charge is 0.304 e. The minimum Gasteiger partial charge on any atom is -0.481 e. The van der Waals surface area contributed by atoms with E-state index < -0.39 is 33.0 Å². The zero-order chi connectivity index (χ0) is 21.9. The van der Waals surface area contributed by atoms with Crippen LogP contribution in [0.5, 0.6) is 0 Å². The lowest BCUT2D eigenvalue weighted by atomic mass is 9.84. The van der Waals surface area contributed by atoms with Crippen LogP contribution >= 0.6 is 11.6 Å². The third kappa shape index (κ3) is 5.72. The van der Waals surface area contributed by atoms with Crippen molar-refractivity contribution in [3.8, 4) is 0 Å². The van der Waals surface area contributed by atoms with Crippen molar-refractivity contribution >= 4 is 33.3 Å². The first-order chi connectivity index (χ1) is 13.4. The van der Waals surface area contributed by atoms with Gasteiger partial charge in [0, 0.05) is 17.0 Å². The molecule has 0 bridgehead atoms. The Bertz CT molecular complexity index is 835. The number of carbonyl (C=O) groups is 2. The maximum absolute atomic E-state index is 13.4. The van der Waals surface area contributed by atoms with Crippen LogP contribution in [-0.2, 0) is 19.4 Å². The van der Waals surface area contributed by atoms with E-state index in [9.17, 15) is 23.1 Å². The van der Waals surface area contributed by atoms with Crippen molar-refractivity contribution in [2.75, 3.05) is 5.75 Å². The van der Waals surface area contributed by atoms with Crippen LogP contribution in [-0.4, -0.2) is 47.3 Å². The molecule has 8 heteroatoms. The van der Waals surface area contributed by atoms with Crippen LogP contribution in [0.25, 0.3) is 0 Å². The number of hydrogen-bond donors (Lipinski definition) is 1. The van der Waals surface area contributed by atoms with Gasteiger partial charge in [-0.3, -0.25) is 9.59 Å². The molecule has 29 heavy (non-hydrogen) atoms. The number of benzene rings is 1. The highest BCUT2D eigenvalue weighted by atomic mass is 35.5. The van der Waals surface area contributed by atoms with Gasteiger partial charge in [0.1, 0.15) is 0 Å². The molecule has 1 unspecified atom stereocenters. The van der Waals surface area contributed by atoms with Crippen LogP contribution in [0.15, 0.2) is 24.3 Å². The van der Waals surface area contributed by atoms with E-state index in [1.165, 1.54) is 0 Å². The van der Waals surface area contributed by atoms with Gasteiger partial charge in [0.05, 0.1) is 23.5 Å². The first-order valence-corrected chi connectivity index (χ1v) is 12.0. The Labute approximate surface area is 178 Å². The molecule has 1 aliphatic heterocycles. The summed E-state index contributed by atoms with van der Waals surface area (Å²) in [5.41, 5.74) is 0.879. The molecule has 1 saturated heterocycles. The van der Waals surface area contributed by atoms with Crippen LogP contribution in [0.2, 0.25) is 5.02 Å². The largest absolute Gasteiger partial charge is 0.481 e. The van der Waals surface area contributed by atoms with Crippen LogP contribution in [0.4, 0.5) is 0 Å². The fourth-order valence-corrected chi connectivity index (χ4v) is 5.35. The number of halogens is 1. The highest BCUT2D eigenvalue weighted by molar-refractivity contribution is 7.92. The lowest BCUT2D eigenvalue weighted by Crippen LogP contribution is -2.54. The SMILES string of the molecule is CC(C)C(CS(=O)(=O)C(C)C)N1C(=O)[C@@H](CC(=O)O)CC[C@H]1c1ccc(Cl)cc1. The van der Waals surface area contributed by atoms with E-state index in [1.807, 2.05) is 26.0 Å². The van der Waals surface area contributed by atoms with Gasteiger partial charge in [-0.15, -0.1) is 0 Å². The molecule has 1 fully saturated rings. The third-order valence-corrected chi connectivity index (χ3v) is 8.15. The minimum absolute atomic E-state index is 0.106. The number of hydrogen-bond acceptors (Lipinski definition) is 4. The van der Waals surface area contributed by atoms with Crippen LogP contribution in [0, 0.1) is 11.8 Å². The average Bonchev–Trinajstić information content (AvgIpc) is 2.62. The monoisotopic (exact) mass is 443 g/mol. The summed E-state index contributed by atoms with van der Waals surface area (Å²) in [5.74, 6) is -2.19. The Balaban J connectivity index is 2.49. The van der Waals surface area contributed by atoms with E-state index in [2.05, 4.69) is 0 Å². The van der Waals surface area contributed by atoms with Gasteiger partial charge in [-0.05, 0) is 50.3 Å². The van der Waals surface area contributed by atoms with E-state index in [1.54, 1.807) is 30.9 Å². The first-order valence-electron chi connectivity index (χ1n) is 9.95. The maximum Gasteiger partial charge on any atom is 0.304 e. The fourth-order valence-electron chi connectivity index (χ4n) is 3.82. The van der Waals surface area contributed by atoms with E-state index >= 15 is 0 Å². The molecule has 2 rings (SSSR count). The number of likely N-dealkylation sites (tertiary alicyclic amines) is 1. The van der Waals surface area contributed by atoms with E-state index in [-0.39, 0.29) is 30.0 Å². The molecule has 0 spiro atoms. The van der Waals surface area contributed by atoms with Crippen molar-refractivity contribution in [1.82, 2.24) is 4.90 Å². The number of carbonyl (C=O) groups excluding carboxylic acids is 1. The van der Waals surface area contributed by atoms with Gasteiger partial charge in [0.15, 0.2) is 9.84 Å². The predicted octanol–water partition coefficient (Wildman–Crippen LogP) is 3.94. The lowest BCUT2D eigenvalue weighted by Gasteiger charge is -2.45. The molecule has 1 heterocycles. The molecule has 1 aliphatic rings. The molecule has 1 N–H and O–H groups in total. The van der Waals surface area contributed by atoms with Crippen LogP contribution < -0.4 is 0 Å². The average molecular weight is 444 g/mol. The zero-order valence-corrected chi connectivity index (χ0v) is 18.9. The summed E-state index contributed by atoms with van der Waals surface area (Å²) in [4.78, 5) is 26.2. The Morgan fingerprint density at radius 1 is 1.17 bits per heavy atom. The lowest BCUT2D eigenvalue weighted by molar-refractivity contribution is -0.151. The van der Waals surface area contributed by atoms with Gasteiger partial charge in [-0.1, -0.05) is 37.6 Å². The van der Waals surface area contributed by atoms with Crippen molar-refractivity contribution in [3.63, 3.8) is 0 Å². The first kappa shape index (κ1) is 23.7. The topological polar surface area (TPSA) is 91.8 Å². The summed E-state index contributed by atoms with van der Waals surface area (Å²) in [6, 6.07) is 6.35. The predicted molar refractivity (Wildman–Crippen MR) is 114 cm³/mol. The highest BCUT2D eigenvalue weighted by Gasteiger charge is 2.43. The fraction of sp³-hybridized carbons (Fsp3) is 0.619. The number of carboxylic acids is 1.